The van der Waals surface area contributed by atoms with Gasteiger partial charge in [0, 0.05) is 19.4 Å². The van der Waals surface area contributed by atoms with Gasteiger partial charge in [-0.15, -0.1) is 0 Å². The Kier molecular flexibility index (Phi) is 12.6. The van der Waals surface area contributed by atoms with E-state index in [9.17, 15) is 40.5 Å². The predicted octanol–water partition coefficient (Wildman–Crippen LogP) is -1.62. The van der Waals surface area contributed by atoms with Crippen LogP contribution in [0, 0.1) is 0 Å². The van der Waals surface area contributed by atoms with Crippen molar-refractivity contribution < 1.29 is 59.5 Å². The van der Waals surface area contributed by atoms with Crippen LogP contribution in [0.3, 0.4) is 0 Å². The molecule has 0 aliphatic carbocycles. The molecule has 2 rings (SSSR count). The van der Waals surface area contributed by atoms with E-state index >= 15 is 0 Å². The zero-order valence-electron chi connectivity index (χ0n) is 21.3. The van der Waals surface area contributed by atoms with Gasteiger partial charge in [-0.3, -0.25) is 4.79 Å². The Bertz CT molecular complexity index is 657. The van der Waals surface area contributed by atoms with Gasteiger partial charge in [-0.1, -0.05) is 19.8 Å². The third-order valence-corrected chi connectivity index (χ3v) is 6.78. The minimum Gasteiger partial charge on any atom is -0.394 e. The van der Waals surface area contributed by atoms with Crippen LogP contribution in [0.2, 0.25) is 0 Å². The zero-order chi connectivity index (χ0) is 27.0. The van der Waals surface area contributed by atoms with Crippen molar-refractivity contribution in [2.45, 2.75) is 126 Å². The molecule has 0 aromatic carbocycles. The van der Waals surface area contributed by atoms with Gasteiger partial charge in [0.05, 0.1) is 24.9 Å². The van der Waals surface area contributed by atoms with Crippen LogP contribution in [0.5, 0.6) is 0 Å². The minimum atomic E-state index is -1.74. The van der Waals surface area contributed by atoms with E-state index in [1.165, 1.54) is 0 Å². The van der Waals surface area contributed by atoms with E-state index in [1.54, 1.807) is 0 Å². The van der Waals surface area contributed by atoms with Crippen molar-refractivity contribution in [1.29, 1.82) is 0 Å². The quantitative estimate of drug-likeness (QED) is 0.128. The van der Waals surface area contributed by atoms with Crippen molar-refractivity contribution >= 4 is 5.78 Å². The summed E-state index contributed by atoms with van der Waals surface area (Å²) in [4.78, 5) is 12.6. The molecular weight excluding hydrogens is 480 g/mol. The molecule has 0 bridgehead atoms. The number of hydrogen-bond donors (Lipinski definition) is 7. The van der Waals surface area contributed by atoms with Gasteiger partial charge in [-0.25, -0.2) is 0 Å². The third kappa shape index (κ3) is 8.37. The lowest BCUT2D eigenvalue weighted by Gasteiger charge is -2.46. The van der Waals surface area contributed by atoms with E-state index in [-0.39, 0.29) is 18.6 Å². The monoisotopic (exact) mass is 524 g/mol. The van der Waals surface area contributed by atoms with Crippen LogP contribution in [-0.4, -0.2) is 128 Å². The van der Waals surface area contributed by atoms with Crippen LogP contribution in [0.4, 0.5) is 0 Å². The molecule has 2 aliphatic rings. The average Bonchev–Trinajstić information content (AvgIpc) is 2.85. The second kappa shape index (κ2) is 14.4. The molecule has 2 heterocycles. The Balaban J connectivity index is 1.94. The summed E-state index contributed by atoms with van der Waals surface area (Å²) in [6.07, 6.45) is -11.2. The molecule has 10 atom stereocenters. The van der Waals surface area contributed by atoms with Crippen molar-refractivity contribution in [3.63, 3.8) is 0 Å². The molecule has 12 heteroatoms. The number of ether oxygens (including phenoxy) is 4. The Morgan fingerprint density at radius 2 is 1.47 bits per heavy atom. The van der Waals surface area contributed by atoms with Crippen molar-refractivity contribution in [3.05, 3.63) is 0 Å². The molecule has 12 nitrogen and oxygen atoms in total. The van der Waals surface area contributed by atoms with Gasteiger partial charge in [0.1, 0.15) is 54.6 Å². The van der Waals surface area contributed by atoms with E-state index < -0.39 is 80.0 Å². The molecule has 0 aromatic heterocycles. The normalized spacial score (nSPS) is 37.7. The molecule has 7 N–H and O–H groups in total. The molecule has 0 aromatic rings. The lowest BCUT2D eigenvalue weighted by Crippen LogP contribution is -2.64. The third-order valence-electron chi connectivity index (χ3n) is 6.78. The average molecular weight is 525 g/mol. The summed E-state index contributed by atoms with van der Waals surface area (Å²) in [7, 11) is 0. The molecule has 0 saturated carbocycles. The number of unbranched alkanes of at least 4 members (excludes halogenated alkanes) is 2. The van der Waals surface area contributed by atoms with Crippen molar-refractivity contribution in [2.75, 3.05) is 19.8 Å². The van der Waals surface area contributed by atoms with Crippen LogP contribution in [0.15, 0.2) is 0 Å². The summed E-state index contributed by atoms with van der Waals surface area (Å²) in [6.45, 7) is 5.21. The first-order valence-corrected chi connectivity index (χ1v) is 12.7. The number of aliphatic hydroxyl groups excluding tert-OH is 7. The highest BCUT2D eigenvalue weighted by atomic mass is 16.7. The summed E-state index contributed by atoms with van der Waals surface area (Å²) in [5.74, 6) is -0.207. The van der Waals surface area contributed by atoms with Gasteiger partial charge < -0.3 is 54.7 Å². The largest absolute Gasteiger partial charge is 0.394 e. The number of carbonyl (C=O) groups is 1. The van der Waals surface area contributed by atoms with Gasteiger partial charge in [0.25, 0.3) is 0 Å². The molecular formula is C24H44O12. The second-order valence-corrected chi connectivity index (χ2v) is 10.2. The first kappa shape index (κ1) is 31.4. The number of hydrogen-bond acceptors (Lipinski definition) is 12. The SMILES string of the molecule is CCCCCOC(C)(C)CCC(=O)CC1OC(CO)C(OC2OC(CO)C(O)C(O)C2O)C(O)C1O. The topological polar surface area (TPSA) is 196 Å². The summed E-state index contributed by atoms with van der Waals surface area (Å²) in [6, 6.07) is 0. The Labute approximate surface area is 211 Å². The van der Waals surface area contributed by atoms with Crippen molar-refractivity contribution in [1.82, 2.24) is 0 Å². The standard InChI is InChI=1S/C24H44O12/c1-4-5-6-9-33-24(2,3)8-7-13(27)10-14-17(28)20(31)22(16(12-26)34-14)36-23-21(32)19(30)18(29)15(11-25)35-23/h14-23,25-26,28-32H,4-12H2,1-3H3. The van der Waals surface area contributed by atoms with Gasteiger partial charge in [-0.05, 0) is 26.7 Å². The number of Topliss-reactive ketones (excluding diaryl/α,β-unsaturated/α-hetero) is 1. The van der Waals surface area contributed by atoms with Crippen LogP contribution in [-0.2, 0) is 23.7 Å². The highest BCUT2D eigenvalue weighted by Crippen LogP contribution is 2.30. The minimum absolute atomic E-state index is 0.179. The molecule has 0 radical (unpaired) electrons. The molecule has 212 valence electrons. The van der Waals surface area contributed by atoms with Crippen LogP contribution in [0.25, 0.3) is 0 Å². The Hall–Kier alpha value is -0.770. The lowest BCUT2D eigenvalue weighted by molar-refractivity contribution is -0.341. The maximum Gasteiger partial charge on any atom is 0.187 e. The van der Waals surface area contributed by atoms with E-state index in [0.717, 1.165) is 19.3 Å². The number of rotatable bonds is 14. The second-order valence-electron chi connectivity index (χ2n) is 10.2. The van der Waals surface area contributed by atoms with E-state index in [2.05, 4.69) is 6.92 Å². The summed E-state index contributed by atoms with van der Waals surface area (Å²) < 4.78 is 22.3. The van der Waals surface area contributed by atoms with Crippen LogP contribution < -0.4 is 0 Å². The van der Waals surface area contributed by atoms with Crippen LogP contribution >= 0.6 is 0 Å². The van der Waals surface area contributed by atoms with Gasteiger partial charge in [-0.2, -0.15) is 0 Å². The number of carbonyl (C=O) groups excluding carboxylic acids is 1. The molecule has 10 unspecified atom stereocenters. The van der Waals surface area contributed by atoms with Crippen LogP contribution in [0.1, 0.15) is 59.3 Å². The number of aliphatic hydroxyl groups is 7. The van der Waals surface area contributed by atoms with Crippen molar-refractivity contribution in [3.8, 4) is 0 Å². The smallest absolute Gasteiger partial charge is 0.187 e. The molecule has 0 spiro atoms. The molecule has 2 aliphatic heterocycles. The fourth-order valence-corrected chi connectivity index (χ4v) is 4.37. The lowest BCUT2D eigenvalue weighted by atomic mass is 9.90. The summed E-state index contributed by atoms with van der Waals surface area (Å²) in [5.41, 5.74) is -0.493. The maximum atomic E-state index is 12.6. The molecule has 2 fully saturated rings. The number of ketones is 1. The predicted molar refractivity (Wildman–Crippen MR) is 125 cm³/mol. The van der Waals surface area contributed by atoms with E-state index in [4.69, 9.17) is 18.9 Å². The first-order chi connectivity index (χ1) is 16.9. The zero-order valence-corrected chi connectivity index (χ0v) is 21.3. The highest BCUT2D eigenvalue weighted by Gasteiger charge is 2.50. The first-order valence-electron chi connectivity index (χ1n) is 12.7. The molecule has 2 saturated heterocycles. The van der Waals surface area contributed by atoms with Gasteiger partial charge >= 0.3 is 0 Å². The fourth-order valence-electron chi connectivity index (χ4n) is 4.37. The Morgan fingerprint density at radius 3 is 2.08 bits per heavy atom. The molecule has 0 amide bonds. The highest BCUT2D eigenvalue weighted by molar-refractivity contribution is 5.79. The Morgan fingerprint density at radius 1 is 0.833 bits per heavy atom. The van der Waals surface area contributed by atoms with Crippen molar-refractivity contribution in [2.24, 2.45) is 0 Å². The summed E-state index contributed by atoms with van der Waals surface area (Å²) >= 11 is 0. The van der Waals surface area contributed by atoms with E-state index in [1.807, 2.05) is 13.8 Å². The van der Waals surface area contributed by atoms with Gasteiger partial charge in [0.2, 0.25) is 0 Å². The maximum absolute atomic E-state index is 12.6. The van der Waals surface area contributed by atoms with E-state index in [0.29, 0.717) is 13.0 Å². The summed E-state index contributed by atoms with van der Waals surface area (Å²) in [5, 5.41) is 70.5. The fraction of sp³-hybridized carbons (Fsp3) is 0.958. The molecule has 36 heavy (non-hydrogen) atoms. The van der Waals surface area contributed by atoms with Gasteiger partial charge in [0.15, 0.2) is 6.29 Å².